The van der Waals surface area contributed by atoms with E-state index in [0.717, 1.165) is 24.3 Å². The van der Waals surface area contributed by atoms with Gasteiger partial charge in [-0.15, -0.1) is 0 Å². The molecule has 7 nitrogen and oxygen atoms in total. The number of amides is 1. The summed E-state index contributed by atoms with van der Waals surface area (Å²) < 4.78 is 0. The first kappa shape index (κ1) is 17.5. The maximum atomic E-state index is 11.8. The van der Waals surface area contributed by atoms with Crippen molar-refractivity contribution in [3.63, 3.8) is 0 Å². The highest BCUT2D eigenvalue weighted by Gasteiger charge is 2.10. The van der Waals surface area contributed by atoms with Crippen molar-refractivity contribution in [1.82, 2.24) is 15.6 Å². The van der Waals surface area contributed by atoms with E-state index in [1.165, 1.54) is 0 Å². The van der Waals surface area contributed by atoms with Gasteiger partial charge in [-0.2, -0.15) is 5.10 Å². The van der Waals surface area contributed by atoms with Crippen LogP contribution in [0.1, 0.15) is 30.7 Å². The molecule has 0 aliphatic rings. The van der Waals surface area contributed by atoms with Crippen LogP contribution in [-0.2, 0) is 11.2 Å². The number of aryl methyl sites for hydroxylation is 1. The van der Waals surface area contributed by atoms with Crippen LogP contribution in [0.3, 0.4) is 0 Å². The van der Waals surface area contributed by atoms with Crippen LogP contribution in [0.2, 0.25) is 0 Å². The number of carbonyl (C=O) groups excluding carboxylic acids is 1. The molecule has 128 valence electrons. The van der Waals surface area contributed by atoms with Crippen LogP contribution < -0.4 is 15.9 Å². The summed E-state index contributed by atoms with van der Waals surface area (Å²) in [5.41, 5.74) is 5.29. The quantitative estimate of drug-likeness (QED) is 0.531. The number of carbonyl (C=O) groups is 1. The lowest BCUT2D eigenvalue weighted by Gasteiger charge is -2.20. The van der Waals surface area contributed by atoms with Gasteiger partial charge in [0.15, 0.2) is 0 Å². The van der Waals surface area contributed by atoms with Gasteiger partial charge >= 0.3 is 0 Å². The Bertz CT molecular complexity index is 754. The molecule has 24 heavy (non-hydrogen) atoms. The summed E-state index contributed by atoms with van der Waals surface area (Å²) in [4.78, 5) is 25.6. The predicted molar refractivity (Wildman–Crippen MR) is 95.6 cm³/mol. The van der Waals surface area contributed by atoms with Gasteiger partial charge in [0, 0.05) is 30.0 Å². The number of benzene rings is 1. The standard InChI is InChI=1S/C17H23N5O2/c1-4-22(5-2)14-8-6-13(7-9-14)11-18-20-16(23)10-15-12(3)19-21-17(15)24/h6-9,11H,4-5,10H2,1-3H3,(H,20,23)(H2,19,21,24)/b18-11-. The van der Waals surface area contributed by atoms with Gasteiger partial charge in [-0.1, -0.05) is 12.1 Å². The Kier molecular flexibility index (Phi) is 5.95. The fourth-order valence-corrected chi connectivity index (χ4v) is 2.42. The summed E-state index contributed by atoms with van der Waals surface area (Å²) >= 11 is 0. The molecule has 0 aliphatic heterocycles. The van der Waals surface area contributed by atoms with Crippen molar-refractivity contribution in [1.29, 1.82) is 0 Å². The van der Waals surface area contributed by atoms with Crippen LogP contribution in [0.4, 0.5) is 5.69 Å². The van der Waals surface area contributed by atoms with Crippen LogP contribution in [0, 0.1) is 6.92 Å². The fourth-order valence-electron chi connectivity index (χ4n) is 2.42. The van der Waals surface area contributed by atoms with Crippen LogP contribution >= 0.6 is 0 Å². The van der Waals surface area contributed by atoms with Crippen LogP contribution in [0.5, 0.6) is 0 Å². The van der Waals surface area contributed by atoms with E-state index in [2.05, 4.69) is 39.5 Å². The smallest absolute Gasteiger partial charge is 0.267 e. The third-order valence-corrected chi connectivity index (χ3v) is 3.85. The third kappa shape index (κ3) is 4.34. The summed E-state index contributed by atoms with van der Waals surface area (Å²) in [6.45, 7) is 7.88. The molecule has 0 unspecified atom stereocenters. The molecule has 1 heterocycles. The lowest BCUT2D eigenvalue weighted by atomic mass is 10.2. The minimum atomic E-state index is -0.334. The van der Waals surface area contributed by atoms with Gasteiger partial charge in [0.25, 0.3) is 5.56 Å². The van der Waals surface area contributed by atoms with E-state index in [1.54, 1.807) is 13.1 Å². The molecule has 1 amide bonds. The largest absolute Gasteiger partial charge is 0.372 e. The number of hydrogen-bond donors (Lipinski definition) is 3. The van der Waals surface area contributed by atoms with E-state index < -0.39 is 0 Å². The highest BCUT2D eigenvalue weighted by atomic mass is 16.2. The van der Waals surface area contributed by atoms with E-state index in [4.69, 9.17) is 0 Å². The van der Waals surface area contributed by atoms with Crippen molar-refractivity contribution in [2.75, 3.05) is 18.0 Å². The Morgan fingerprint density at radius 2 is 1.88 bits per heavy atom. The van der Waals surface area contributed by atoms with E-state index >= 15 is 0 Å². The molecule has 0 aliphatic carbocycles. The van der Waals surface area contributed by atoms with Crippen LogP contribution in [-0.4, -0.2) is 35.4 Å². The first-order valence-corrected chi connectivity index (χ1v) is 7.98. The molecule has 0 saturated carbocycles. The maximum absolute atomic E-state index is 11.8. The summed E-state index contributed by atoms with van der Waals surface area (Å²) in [5.74, 6) is -0.334. The van der Waals surface area contributed by atoms with Crippen molar-refractivity contribution in [3.8, 4) is 0 Å². The molecule has 1 aromatic carbocycles. The molecule has 0 radical (unpaired) electrons. The number of anilines is 1. The molecule has 0 fully saturated rings. The van der Waals surface area contributed by atoms with Crippen molar-refractivity contribution in [3.05, 3.63) is 51.4 Å². The Morgan fingerprint density at radius 3 is 2.42 bits per heavy atom. The first-order chi connectivity index (χ1) is 11.5. The summed E-state index contributed by atoms with van der Waals surface area (Å²) in [6, 6.07) is 7.95. The molecule has 7 heteroatoms. The highest BCUT2D eigenvalue weighted by molar-refractivity contribution is 5.83. The number of H-pyrrole nitrogens is 2. The number of hydrazone groups is 1. The molecular weight excluding hydrogens is 306 g/mol. The van der Waals surface area contributed by atoms with E-state index in [9.17, 15) is 9.59 Å². The molecule has 2 aromatic rings. The van der Waals surface area contributed by atoms with Gasteiger partial charge in [0.1, 0.15) is 0 Å². The first-order valence-electron chi connectivity index (χ1n) is 7.98. The molecule has 0 spiro atoms. The van der Waals surface area contributed by atoms with Crippen molar-refractivity contribution >= 4 is 17.8 Å². The van der Waals surface area contributed by atoms with Crippen molar-refractivity contribution in [2.24, 2.45) is 5.10 Å². The second-order valence-electron chi connectivity index (χ2n) is 5.42. The number of aromatic amines is 2. The van der Waals surface area contributed by atoms with E-state index in [-0.39, 0.29) is 17.9 Å². The molecular formula is C17H23N5O2. The Labute approximate surface area is 140 Å². The number of rotatable bonds is 7. The van der Waals surface area contributed by atoms with E-state index in [1.807, 2.05) is 24.3 Å². The maximum Gasteiger partial charge on any atom is 0.267 e. The minimum Gasteiger partial charge on any atom is -0.372 e. The second-order valence-corrected chi connectivity index (χ2v) is 5.42. The zero-order valence-corrected chi connectivity index (χ0v) is 14.2. The fraction of sp³-hybridized carbons (Fsp3) is 0.353. The Balaban J connectivity index is 1.92. The van der Waals surface area contributed by atoms with Crippen LogP contribution in [0.15, 0.2) is 34.2 Å². The summed E-state index contributed by atoms with van der Waals surface area (Å²) in [6.07, 6.45) is 1.57. The highest BCUT2D eigenvalue weighted by Crippen LogP contribution is 2.13. The number of aromatic nitrogens is 2. The lowest BCUT2D eigenvalue weighted by Crippen LogP contribution is -2.23. The van der Waals surface area contributed by atoms with E-state index in [0.29, 0.717) is 11.3 Å². The molecule has 0 atom stereocenters. The number of hydrogen-bond acceptors (Lipinski definition) is 4. The monoisotopic (exact) mass is 329 g/mol. The van der Waals surface area contributed by atoms with Crippen molar-refractivity contribution in [2.45, 2.75) is 27.2 Å². The van der Waals surface area contributed by atoms with Gasteiger partial charge in [-0.25, -0.2) is 5.43 Å². The molecule has 0 bridgehead atoms. The summed E-state index contributed by atoms with van der Waals surface area (Å²) in [5, 5.41) is 9.07. The molecule has 2 rings (SSSR count). The molecule has 0 saturated heterocycles. The average Bonchev–Trinajstić information content (AvgIpc) is 2.89. The normalized spacial score (nSPS) is 11.0. The number of nitrogens with zero attached hydrogens (tertiary/aromatic N) is 2. The topological polar surface area (TPSA) is 93.3 Å². The Morgan fingerprint density at radius 1 is 1.21 bits per heavy atom. The van der Waals surface area contributed by atoms with Crippen LogP contribution in [0.25, 0.3) is 0 Å². The predicted octanol–water partition coefficient (Wildman–Crippen LogP) is 1.55. The zero-order chi connectivity index (χ0) is 17.5. The second kappa shape index (κ2) is 8.14. The van der Waals surface area contributed by atoms with Gasteiger partial charge < -0.3 is 10.00 Å². The number of nitrogens with one attached hydrogen (secondary N) is 3. The lowest BCUT2D eigenvalue weighted by molar-refractivity contribution is -0.120. The third-order valence-electron chi connectivity index (χ3n) is 3.85. The average molecular weight is 329 g/mol. The minimum absolute atomic E-state index is 0.0110. The Hall–Kier alpha value is -2.83. The summed E-state index contributed by atoms with van der Waals surface area (Å²) in [7, 11) is 0. The van der Waals surface area contributed by atoms with Gasteiger partial charge in [0.2, 0.25) is 5.91 Å². The molecule has 1 aromatic heterocycles. The van der Waals surface area contributed by atoms with Gasteiger partial charge in [-0.3, -0.25) is 14.7 Å². The van der Waals surface area contributed by atoms with Crippen molar-refractivity contribution < 1.29 is 4.79 Å². The SMILES string of the molecule is CCN(CC)c1ccc(/C=N\NC(=O)Cc2c(C)[nH][nH]c2=O)cc1. The zero-order valence-electron chi connectivity index (χ0n) is 14.2. The molecule has 3 N–H and O–H groups in total. The van der Waals surface area contributed by atoms with Gasteiger partial charge in [0.05, 0.1) is 12.6 Å². The van der Waals surface area contributed by atoms with Gasteiger partial charge in [-0.05, 0) is 38.5 Å².